The quantitative estimate of drug-likeness (QED) is 0.618. The molecular weight excluding hydrogens is 358 g/mol. The van der Waals surface area contributed by atoms with E-state index in [-0.39, 0.29) is 18.7 Å². The number of amidine groups is 1. The van der Waals surface area contributed by atoms with Crippen LogP contribution in [0.2, 0.25) is 0 Å². The lowest BCUT2D eigenvalue weighted by Crippen LogP contribution is -2.58. The van der Waals surface area contributed by atoms with Gasteiger partial charge in [0.05, 0.1) is 12.1 Å². The van der Waals surface area contributed by atoms with Crippen molar-refractivity contribution in [3.63, 3.8) is 0 Å². The molecule has 3 rings (SSSR count). The number of allylic oxidation sites excluding steroid dienone is 2. The molecule has 1 aromatic carbocycles. The number of rotatable bonds is 3. The Hall–Kier alpha value is -3.20. The van der Waals surface area contributed by atoms with Gasteiger partial charge in [-0.2, -0.15) is 10.5 Å². The molecule has 1 aliphatic carbocycles. The van der Waals surface area contributed by atoms with E-state index < -0.39 is 22.8 Å². The van der Waals surface area contributed by atoms with Gasteiger partial charge < -0.3 is 14.8 Å². The normalized spacial score (nSPS) is 27.5. The SMILES string of the molecule is COC1(OC)N=C(NC(=O)Nc2ccccc2)[C@@]2(C#N)CC(C)=CC[C@@]12C#N. The molecule has 0 bridgehead atoms. The molecule has 2 atom stereocenters. The van der Waals surface area contributed by atoms with E-state index in [1.165, 1.54) is 14.2 Å². The number of hydrogen-bond donors (Lipinski definition) is 2. The van der Waals surface area contributed by atoms with Crippen LogP contribution in [0.25, 0.3) is 0 Å². The van der Waals surface area contributed by atoms with Crippen LogP contribution in [-0.4, -0.2) is 32.0 Å². The number of ether oxygens (including phenoxy) is 2. The highest BCUT2D eigenvalue weighted by molar-refractivity contribution is 6.08. The minimum atomic E-state index is -1.70. The standard InChI is InChI=1S/C20H21N5O3/c1-14-9-10-19(13-22)18(11-14,12-21)16(25-20(19,27-2)28-3)24-17(26)23-15-7-5-4-6-8-15/h4-9H,10-11H2,1-3H3,(H2,23,24,25,26)/t18-,19-/m0/s1. The minimum Gasteiger partial charge on any atom is -0.333 e. The third kappa shape index (κ3) is 2.58. The van der Waals surface area contributed by atoms with Crippen LogP contribution in [-0.2, 0) is 9.47 Å². The second-order valence-electron chi connectivity index (χ2n) is 6.86. The van der Waals surface area contributed by atoms with Gasteiger partial charge in [-0.1, -0.05) is 29.8 Å². The first-order valence-electron chi connectivity index (χ1n) is 8.74. The molecule has 28 heavy (non-hydrogen) atoms. The van der Waals surface area contributed by atoms with Gasteiger partial charge in [0.15, 0.2) is 5.41 Å². The van der Waals surface area contributed by atoms with Gasteiger partial charge in [-0.15, -0.1) is 0 Å². The van der Waals surface area contributed by atoms with Crippen molar-refractivity contribution in [2.45, 2.75) is 25.7 Å². The first kappa shape index (κ1) is 19.6. The molecule has 1 aliphatic heterocycles. The van der Waals surface area contributed by atoms with Gasteiger partial charge in [-0.3, -0.25) is 5.32 Å². The summed E-state index contributed by atoms with van der Waals surface area (Å²) in [6, 6.07) is 12.8. The number of nitrogens with zero attached hydrogens (tertiary/aromatic N) is 3. The highest BCUT2D eigenvalue weighted by Crippen LogP contribution is 2.61. The monoisotopic (exact) mass is 379 g/mol. The molecule has 1 aromatic rings. The van der Waals surface area contributed by atoms with E-state index >= 15 is 0 Å². The molecule has 2 N–H and O–H groups in total. The van der Waals surface area contributed by atoms with Gasteiger partial charge in [0, 0.05) is 19.9 Å². The van der Waals surface area contributed by atoms with Gasteiger partial charge >= 0.3 is 6.03 Å². The number of nitrogens with one attached hydrogen (secondary N) is 2. The lowest BCUT2D eigenvalue weighted by atomic mass is 9.57. The van der Waals surface area contributed by atoms with E-state index in [4.69, 9.17) is 9.47 Å². The molecule has 8 heteroatoms. The molecule has 2 amide bonds. The molecule has 0 fully saturated rings. The van der Waals surface area contributed by atoms with E-state index in [0.29, 0.717) is 5.69 Å². The van der Waals surface area contributed by atoms with Crippen LogP contribution in [0.5, 0.6) is 0 Å². The van der Waals surface area contributed by atoms with Crippen LogP contribution in [0.4, 0.5) is 10.5 Å². The first-order chi connectivity index (χ1) is 13.4. The summed E-state index contributed by atoms with van der Waals surface area (Å²) >= 11 is 0. The van der Waals surface area contributed by atoms with Crippen molar-refractivity contribution in [1.29, 1.82) is 10.5 Å². The molecular formula is C20H21N5O3. The maximum absolute atomic E-state index is 12.6. The Morgan fingerprint density at radius 3 is 2.39 bits per heavy atom. The third-order valence-corrected chi connectivity index (χ3v) is 5.43. The number of carbonyl (C=O) groups excluding carboxylic acids is 1. The summed E-state index contributed by atoms with van der Waals surface area (Å²) in [6.45, 7) is 1.88. The molecule has 0 spiro atoms. The van der Waals surface area contributed by atoms with Gasteiger partial charge in [0.2, 0.25) is 0 Å². The van der Waals surface area contributed by atoms with Crippen LogP contribution in [0.15, 0.2) is 47.0 Å². The summed E-state index contributed by atoms with van der Waals surface area (Å²) in [6.07, 6.45) is 2.32. The van der Waals surface area contributed by atoms with Crippen molar-refractivity contribution >= 4 is 17.6 Å². The predicted octanol–water partition coefficient (Wildman–Crippen LogP) is 2.93. The zero-order valence-electron chi connectivity index (χ0n) is 15.9. The summed E-state index contributed by atoms with van der Waals surface area (Å²) in [7, 11) is 2.73. The average molecular weight is 379 g/mol. The molecule has 144 valence electrons. The first-order valence-corrected chi connectivity index (χ1v) is 8.74. The van der Waals surface area contributed by atoms with Crippen molar-refractivity contribution in [1.82, 2.24) is 5.32 Å². The van der Waals surface area contributed by atoms with Gasteiger partial charge in [0.25, 0.3) is 5.91 Å². The van der Waals surface area contributed by atoms with Crippen molar-refractivity contribution < 1.29 is 14.3 Å². The molecule has 0 unspecified atom stereocenters. The van der Waals surface area contributed by atoms with Crippen LogP contribution < -0.4 is 10.6 Å². The largest absolute Gasteiger partial charge is 0.333 e. The van der Waals surface area contributed by atoms with E-state index in [2.05, 4.69) is 27.8 Å². The number of urea groups is 1. The zero-order chi connectivity index (χ0) is 20.4. The lowest BCUT2D eigenvalue weighted by Gasteiger charge is -2.45. The van der Waals surface area contributed by atoms with E-state index in [1.54, 1.807) is 24.3 Å². The summed E-state index contributed by atoms with van der Waals surface area (Å²) < 4.78 is 11.0. The summed E-state index contributed by atoms with van der Waals surface area (Å²) in [4.78, 5) is 17.0. The number of nitriles is 2. The fourth-order valence-corrected chi connectivity index (χ4v) is 4.01. The number of para-hydroxylation sites is 1. The average Bonchev–Trinajstić information content (AvgIpc) is 2.95. The fraction of sp³-hybridized carbons (Fsp3) is 0.400. The second kappa shape index (κ2) is 7.08. The Morgan fingerprint density at radius 1 is 1.14 bits per heavy atom. The number of methoxy groups -OCH3 is 2. The number of anilines is 1. The minimum absolute atomic E-state index is 0.0566. The second-order valence-corrected chi connectivity index (χ2v) is 6.86. The van der Waals surface area contributed by atoms with Gasteiger partial charge in [-0.25, -0.2) is 9.79 Å². The highest BCUT2D eigenvalue weighted by Gasteiger charge is 2.74. The van der Waals surface area contributed by atoms with Crippen molar-refractivity contribution in [3.05, 3.63) is 42.0 Å². The van der Waals surface area contributed by atoms with Crippen molar-refractivity contribution in [2.24, 2.45) is 15.8 Å². The topological polar surface area (TPSA) is 120 Å². The predicted molar refractivity (Wildman–Crippen MR) is 102 cm³/mol. The molecule has 2 aliphatic rings. The van der Waals surface area contributed by atoms with Gasteiger partial charge in [0.1, 0.15) is 11.3 Å². The van der Waals surface area contributed by atoms with Crippen molar-refractivity contribution in [3.8, 4) is 12.1 Å². The highest BCUT2D eigenvalue weighted by atomic mass is 16.7. The number of amides is 2. The zero-order valence-corrected chi connectivity index (χ0v) is 15.9. The Kier molecular flexibility index (Phi) is 4.95. The van der Waals surface area contributed by atoms with Crippen LogP contribution in [0.3, 0.4) is 0 Å². The number of benzene rings is 1. The number of aliphatic imine (C=N–C) groups is 1. The molecule has 0 aromatic heterocycles. The molecule has 0 radical (unpaired) electrons. The van der Waals surface area contributed by atoms with E-state index in [0.717, 1.165) is 5.57 Å². The Bertz CT molecular complexity index is 923. The number of carbonyl (C=O) groups is 1. The maximum Gasteiger partial charge on any atom is 0.324 e. The Morgan fingerprint density at radius 2 is 1.82 bits per heavy atom. The van der Waals surface area contributed by atoms with Crippen molar-refractivity contribution in [2.75, 3.05) is 19.5 Å². The summed E-state index contributed by atoms with van der Waals surface area (Å²) in [5.74, 6) is -1.65. The molecule has 0 saturated carbocycles. The molecule has 8 nitrogen and oxygen atoms in total. The molecule has 0 saturated heterocycles. The lowest BCUT2D eigenvalue weighted by molar-refractivity contribution is -0.260. The van der Waals surface area contributed by atoms with Gasteiger partial charge in [-0.05, 0) is 31.9 Å². The van der Waals surface area contributed by atoms with Crippen LogP contribution in [0.1, 0.15) is 19.8 Å². The Balaban J connectivity index is 2.04. The Labute approximate surface area is 163 Å². The third-order valence-electron chi connectivity index (χ3n) is 5.43. The summed E-state index contributed by atoms with van der Waals surface area (Å²) in [5, 5.41) is 25.6. The molecule has 1 heterocycles. The number of fused-ring (bicyclic) bond motifs is 1. The summed E-state index contributed by atoms with van der Waals surface area (Å²) in [5.41, 5.74) is -1.35. The van der Waals surface area contributed by atoms with E-state index in [1.807, 2.05) is 19.1 Å². The van der Waals surface area contributed by atoms with Crippen LogP contribution in [0, 0.1) is 33.5 Å². The van der Waals surface area contributed by atoms with E-state index in [9.17, 15) is 15.3 Å². The van der Waals surface area contributed by atoms with Crippen LogP contribution >= 0.6 is 0 Å². The number of hydrogen-bond acceptors (Lipinski definition) is 6. The smallest absolute Gasteiger partial charge is 0.324 e. The fourth-order valence-electron chi connectivity index (χ4n) is 4.01. The maximum atomic E-state index is 12.6.